The van der Waals surface area contributed by atoms with Crippen molar-refractivity contribution in [1.29, 1.82) is 0 Å². The summed E-state index contributed by atoms with van der Waals surface area (Å²) in [6.45, 7) is 7.71. The zero-order chi connectivity index (χ0) is 14.8. The molecule has 0 spiro atoms. The maximum absolute atomic E-state index is 12.4. The zero-order valence-corrected chi connectivity index (χ0v) is 13.0. The summed E-state index contributed by atoms with van der Waals surface area (Å²) in [5, 5.41) is 0. The van der Waals surface area contributed by atoms with Gasteiger partial charge in [-0.25, -0.2) is 4.98 Å². The van der Waals surface area contributed by atoms with E-state index in [1.165, 1.54) is 12.8 Å². The van der Waals surface area contributed by atoms with Gasteiger partial charge in [0.2, 0.25) is 5.91 Å². The van der Waals surface area contributed by atoms with E-state index in [0.717, 1.165) is 56.2 Å². The summed E-state index contributed by atoms with van der Waals surface area (Å²) in [4.78, 5) is 25.8. The Kier molecular flexibility index (Phi) is 4.08. The van der Waals surface area contributed by atoms with E-state index < -0.39 is 0 Å². The average molecular weight is 288 g/mol. The second-order valence-electron chi connectivity index (χ2n) is 6.21. The van der Waals surface area contributed by atoms with Crippen molar-refractivity contribution in [2.45, 2.75) is 39.5 Å². The minimum Gasteiger partial charge on any atom is -0.355 e. The van der Waals surface area contributed by atoms with Crippen LogP contribution in [0.5, 0.6) is 0 Å². The van der Waals surface area contributed by atoms with Crippen molar-refractivity contribution in [3.63, 3.8) is 0 Å². The first-order valence-corrected chi connectivity index (χ1v) is 7.99. The van der Waals surface area contributed by atoms with Gasteiger partial charge in [-0.05, 0) is 39.5 Å². The van der Waals surface area contributed by atoms with E-state index in [4.69, 9.17) is 0 Å². The largest absolute Gasteiger partial charge is 0.355 e. The number of amides is 1. The van der Waals surface area contributed by atoms with Crippen molar-refractivity contribution in [1.82, 2.24) is 14.9 Å². The third-order valence-corrected chi connectivity index (χ3v) is 4.61. The topological polar surface area (TPSA) is 49.3 Å². The molecule has 3 heterocycles. The van der Waals surface area contributed by atoms with Gasteiger partial charge in [0.25, 0.3) is 0 Å². The molecule has 0 bridgehead atoms. The van der Waals surface area contributed by atoms with Gasteiger partial charge < -0.3 is 9.80 Å². The number of likely N-dealkylation sites (tertiary alicyclic amines) is 1. The van der Waals surface area contributed by atoms with Crippen LogP contribution >= 0.6 is 0 Å². The molecule has 0 unspecified atom stereocenters. The van der Waals surface area contributed by atoms with Crippen LogP contribution in [0.15, 0.2) is 6.20 Å². The van der Waals surface area contributed by atoms with E-state index in [2.05, 4.69) is 19.8 Å². The Morgan fingerprint density at radius 3 is 2.48 bits per heavy atom. The lowest BCUT2D eigenvalue weighted by molar-refractivity contribution is -0.135. The van der Waals surface area contributed by atoms with E-state index in [0.29, 0.717) is 5.91 Å². The lowest BCUT2D eigenvalue weighted by atomic mass is 9.95. The SMILES string of the molecule is Cc1cnc(C)c(N2CCC(C(=O)N3CCCC3)CC2)n1. The van der Waals surface area contributed by atoms with Crippen molar-refractivity contribution in [2.24, 2.45) is 5.92 Å². The van der Waals surface area contributed by atoms with Crippen LogP contribution in [0.4, 0.5) is 5.82 Å². The Morgan fingerprint density at radius 2 is 1.81 bits per heavy atom. The molecule has 0 radical (unpaired) electrons. The molecule has 2 aliphatic heterocycles. The van der Waals surface area contributed by atoms with E-state index in [9.17, 15) is 4.79 Å². The monoisotopic (exact) mass is 288 g/mol. The van der Waals surface area contributed by atoms with Crippen LogP contribution in [-0.2, 0) is 4.79 Å². The highest BCUT2D eigenvalue weighted by atomic mass is 16.2. The molecule has 21 heavy (non-hydrogen) atoms. The van der Waals surface area contributed by atoms with E-state index in [-0.39, 0.29) is 5.92 Å². The zero-order valence-electron chi connectivity index (χ0n) is 13.0. The number of anilines is 1. The first kappa shape index (κ1) is 14.3. The quantitative estimate of drug-likeness (QED) is 0.834. The maximum atomic E-state index is 12.4. The molecular weight excluding hydrogens is 264 g/mol. The van der Waals surface area contributed by atoms with Crippen LogP contribution in [0.2, 0.25) is 0 Å². The average Bonchev–Trinajstić information content (AvgIpc) is 3.03. The molecule has 1 aromatic rings. The molecule has 2 saturated heterocycles. The highest BCUT2D eigenvalue weighted by Gasteiger charge is 2.30. The summed E-state index contributed by atoms with van der Waals surface area (Å²) >= 11 is 0. The van der Waals surface area contributed by atoms with Gasteiger partial charge in [0.05, 0.1) is 11.4 Å². The van der Waals surface area contributed by atoms with Gasteiger partial charge in [-0.3, -0.25) is 9.78 Å². The smallest absolute Gasteiger partial charge is 0.225 e. The molecule has 0 aromatic carbocycles. The number of hydrogen-bond donors (Lipinski definition) is 0. The van der Waals surface area contributed by atoms with Crippen LogP contribution in [0.3, 0.4) is 0 Å². The molecule has 114 valence electrons. The molecule has 0 saturated carbocycles. The van der Waals surface area contributed by atoms with Gasteiger partial charge in [-0.1, -0.05) is 0 Å². The first-order chi connectivity index (χ1) is 10.1. The molecule has 3 rings (SSSR count). The van der Waals surface area contributed by atoms with Crippen molar-refractivity contribution in [3.05, 3.63) is 17.6 Å². The van der Waals surface area contributed by atoms with Crippen LogP contribution < -0.4 is 4.90 Å². The molecule has 5 nitrogen and oxygen atoms in total. The van der Waals surface area contributed by atoms with E-state index in [1.807, 2.05) is 20.0 Å². The molecular formula is C16H24N4O. The third-order valence-electron chi connectivity index (χ3n) is 4.61. The van der Waals surface area contributed by atoms with Gasteiger partial charge in [-0.15, -0.1) is 0 Å². The summed E-state index contributed by atoms with van der Waals surface area (Å²) in [7, 11) is 0. The fraction of sp³-hybridized carbons (Fsp3) is 0.688. The minimum absolute atomic E-state index is 0.206. The molecule has 0 atom stereocenters. The number of rotatable bonds is 2. The summed E-state index contributed by atoms with van der Waals surface area (Å²) in [5.41, 5.74) is 1.93. The van der Waals surface area contributed by atoms with Gasteiger partial charge in [0.1, 0.15) is 5.82 Å². The molecule has 0 aliphatic carbocycles. The molecule has 1 amide bonds. The first-order valence-electron chi connectivity index (χ1n) is 7.99. The fourth-order valence-corrected chi connectivity index (χ4v) is 3.36. The van der Waals surface area contributed by atoms with Crippen LogP contribution in [0, 0.1) is 19.8 Å². The van der Waals surface area contributed by atoms with Gasteiger partial charge in [0.15, 0.2) is 0 Å². The van der Waals surface area contributed by atoms with Gasteiger partial charge in [-0.2, -0.15) is 0 Å². The second-order valence-corrected chi connectivity index (χ2v) is 6.21. The van der Waals surface area contributed by atoms with Gasteiger partial charge in [0, 0.05) is 38.3 Å². The van der Waals surface area contributed by atoms with Crippen LogP contribution in [0.1, 0.15) is 37.1 Å². The predicted octanol–water partition coefficient (Wildman–Crippen LogP) is 1.93. The Bertz CT molecular complexity index is 517. The number of hydrogen-bond acceptors (Lipinski definition) is 4. The van der Waals surface area contributed by atoms with Crippen LogP contribution in [-0.4, -0.2) is 47.0 Å². The number of piperidine rings is 1. The van der Waals surface area contributed by atoms with Crippen molar-refractivity contribution in [3.8, 4) is 0 Å². The van der Waals surface area contributed by atoms with E-state index in [1.54, 1.807) is 0 Å². The standard InChI is InChI=1S/C16H24N4O/c1-12-11-17-13(2)15(18-12)19-9-5-14(6-10-19)16(21)20-7-3-4-8-20/h11,14H,3-10H2,1-2H3. The normalized spacial score (nSPS) is 20.1. The van der Waals surface area contributed by atoms with Gasteiger partial charge >= 0.3 is 0 Å². The summed E-state index contributed by atoms with van der Waals surface area (Å²) in [5.74, 6) is 1.57. The summed E-state index contributed by atoms with van der Waals surface area (Å²) in [6, 6.07) is 0. The number of carbonyl (C=O) groups excluding carboxylic acids is 1. The van der Waals surface area contributed by atoms with Crippen molar-refractivity contribution >= 4 is 11.7 Å². The number of aryl methyl sites for hydroxylation is 2. The summed E-state index contributed by atoms with van der Waals surface area (Å²) < 4.78 is 0. The van der Waals surface area contributed by atoms with Crippen molar-refractivity contribution in [2.75, 3.05) is 31.1 Å². The number of aromatic nitrogens is 2. The van der Waals surface area contributed by atoms with E-state index >= 15 is 0 Å². The number of nitrogens with zero attached hydrogens (tertiary/aromatic N) is 4. The Labute approximate surface area is 126 Å². The fourth-order valence-electron chi connectivity index (χ4n) is 3.36. The molecule has 2 aliphatic rings. The lowest BCUT2D eigenvalue weighted by Gasteiger charge is -2.34. The molecule has 2 fully saturated rings. The molecule has 1 aromatic heterocycles. The lowest BCUT2D eigenvalue weighted by Crippen LogP contribution is -2.42. The van der Waals surface area contributed by atoms with Crippen molar-refractivity contribution < 1.29 is 4.79 Å². The second kappa shape index (κ2) is 6.00. The maximum Gasteiger partial charge on any atom is 0.225 e. The highest BCUT2D eigenvalue weighted by molar-refractivity contribution is 5.79. The molecule has 0 N–H and O–H groups in total. The minimum atomic E-state index is 0.206. The summed E-state index contributed by atoms with van der Waals surface area (Å²) in [6.07, 6.45) is 6.02. The molecule has 5 heteroatoms. The van der Waals surface area contributed by atoms with Crippen LogP contribution in [0.25, 0.3) is 0 Å². The Balaban J connectivity index is 1.62. The Hall–Kier alpha value is -1.65. The number of carbonyl (C=O) groups is 1. The Morgan fingerprint density at radius 1 is 1.14 bits per heavy atom. The third kappa shape index (κ3) is 3.01. The predicted molar refractivity (Wildman–Crippen MR) is 82.3 cm³/mol. The highest BCUT2D eigenvalue weighted by Crippen LogP contribution is 2.26.